The summed E-state index contributed by atoms with van der Waals surface area (Å²) >= 11 is 0. The summed E-state index contributed by atoms with van der Waals surface area (Å²) in [6.07, 6.45) is 2.41. The molecule has 0 aliphatic heterocycles. The predicted molar refractivity (Wildman–Crippen MR) is 153 cm³/mol. The van der Waals surface area contributed by atoms with E-state index in [1.807, 2.05) is 46.8 Å². The molecule has 0 radical (unpaired) electrons. The molecule has 4 aromatic rings. The van der Waals surface area contributed by atoms with Gasteiger partial charge in [0, 0.05) is 11.8 Å². The smallest absolute Gasteiger partial charge is 0.305 e. The van der Waals surface area contributed by atoms with Crippen LogP contribution < -0.4 is 10.6 Å². The Morgan fingerprint density at radius 3 is 2.36 bits per heavy atom. The Morgan fingerprint density at radius 2 is 1.71 bits per heavy atom. The van der Waals surface area contributed by atoms with E-state index >= 15 is 4.39 Å². The molecule has 42 heavy (non-hydrogen) atoms. The maximum Gasteiger partial charge on any atom is 0.305 e. The summed E-state index contributed by atoms with van der Waals surface area (Å²) in [5, 5.41) is 18.9. The molecule has 2 amide bonds. The first-order valence-electron chi connectivity index (χ1n) is 13.5. The number of fused-ring (bicyclic) bond motifs is 1. The molecule has 0 saturated heterocycles. The van der Waals surface area contributed by atoms with Crippen molar-refractivity contribution in [2.45, 2.75) is 59.5 Å². The maximum atomic E-state index is 15.3. The number of nitrogens with zero attached hydrogens (tertiary/aromatic N) is 3. The van der Waals surface area contributed by atoms with Crippen molar-refractivity contribution in [3.8, 4) is 11.1 Å². The Kier molecular flexibility index (Phi) is 8.99. The van der Waals surface area contributed by atoms with Gasteiger partial charge in [-0.2, -0.15) is 5.10 Å². The molecule has 0 saturated carbocycles. The van der Waals surface area contributed by atoms with Crippen LogP contribution in [0, 0.1) is 38.3 Å². The van der Waals surface area contributed by atoms with E-state index in [2.05, 4.69) is 20.7 Å². The SMILES string of the molecule is Cc1cc(C)c(-c2cc(F)c(F)c([C@H](CC(=O)O)NC(=O)[C@H](CC(C)C)NC(=O)c3cccn4ncnc34)c2)c(C)c1. The highest BCUT2D eigenvalue weighted by Crippen LogP contribution is 2.33. The van der Waals surface area contributed by atoms with Crippen molar-refractivity contribution >= 4 is 23.4 Å². The molecule has 3 N–H and O–H groups in total. The van der Waals surface area contributed by atoms with E-state index in [9.17, 15) is 23.9 Å². The number of aliphatic carboxylic acids is 1. The van der Waals surface area contributed by atoms with Crippen LogP contribution >= 0.6 is 0 Å². The number of carbonyl (C=O) groups excluding carboxylic acids is 2. The highest BCUT2D eigenvalue weighted by Gasteiger charge is 2.30. The summed E-state index contributed by atoms with van der Waals surface area (Å²) in [4.78, 5) is 42.7. The van der Waals surface area contributed by atoms with Crippen LogP contribution in [0.4, 0.5) is 8.78 Å². The van der Waals surface area contributed by atoms with Crippen LogP contribution in [0.1, 0.15) is 65.3 Å². The molecule has 0 unspecified atom stereocenters. The van der Waals surface area contributed by atoms with Crippen LogP contribution in [-0.4, -0.2) is 43.5 Å². The van der Waals surface area contributed by atoms with Crippen LogP contribution in [-0.2, 0) is 9.59 Å². The largest absolute Gasteiger partial charge is 0.481 e. The van der Waals surface area contributed by atoms with Gasteiger partial charge in [0.05, 0.1) is 18.0 Å². The van der Waals surface area contributed by atoms with Gasteiger partial charge in [0.25, 0.3) is 5.91 Å². The number of pyridine rings is 1. The molecule has 0 fully saturated rings. The number of rotatable bonds is 10. The number of carboxylic acid groups (broad SMARTS) is 1. The van der Waals surface area contributed by atoms with Gasteiger partial charge in [0.15, 0.2) is 17.3 Å². The molecular formula is C31H33F2N5O4. The summed E-state index contributed by atoms with van der Waals surface area (Å²) in [5.41, 5.74) is 3.90. The van der Waals surface area contributed by atoms with Crippen LogP contribution in [0.2, 0.25) is 0 Å². The Bertz CT molecular complexity index is 1640. The summed E-state index contributed by atoms with van der Waals surface area (Å²) in [6.45, 7) is 9.34. The molecule has 11 heteroatoms. The van der Waals surface area contributed by atoms with Gasteiger partial charge >= 0.3 is 5.97 Å². The van der Waals surface area contributed by atoms with Gasteiger partial charge in [0.1, 0.15) is 12.4 Å². The fourth-order valence-corrected chi connectivity index (χ4v) is 5.29. The summed E-state index contributed by atoms with van der Waals surface area (Å²) < 4.78 is 31.7. The number of benzene rings is 2. The highest BCUT2D eigenvalue weighted by molar-refractivity contribution is 6.02. The Morgan fingerprint density at radius 1 is 1.02 bits per heavy atom. The van der Waals surface area contributed by atoms with Gasteiger partial charge in [-0.25, -0.2) is 18.3 Å². The number of nitrogens with one attached hydrogen (secondary N) is 2. The number of hydrogen-bond acceptors (Lipinski definition) is 5. The minimum Gasteiger partial charge on any atom is -0.481 e. The first-order chi connectivity index (χ1) is 19.8. The van der Waals surface area contributed by atoms with E-state index in [-0.39, 0.29) is 23.5 Å². The van der Waals surface area contributed by atoms with E-state index in [0.29, 0.717) is 16.8 Å². The topological polar surface area (TPSA) is 126 Å². The van der Waals surface area contributed by atoms with Crippen LogP contribution in [0.3, 0.4) is 0 Å². The van der Waals surface area contributed by atoms with E-state index in [1.54, 1.807) is 12.3 Å². The fraction of sp³-hybridized carbons (Fsp3) is 0.323. The number of amides is 2. The number of aryl methyl sites for hydroxylation is 3. The van der Waals surface area contributed by atoms with Crippen molar-refractivity contribution in [1.29, 1.82) is 0 Å². The van der Waals surface area contributed by atoms with E-state index < -0.39 is 47.9 Å². The third-order valence-corrected chi connectivity index (χ3v) is 6.97. The molecule has 0 aliphatic rings. The third-order valence-electron chi connectivity index (χ3n) is 6.97. The number of halogens is 2. The number of hydrogen-bond donors (Lipinski definition) is 3. The summed E-state index contributed by atoms with van der Waals surface area (Å²) in [6, 6.07) is 6.90. The maximum absolute atomic E-state index is 15.3. The third kappa shape index (κ3) is 6.62. The number of aromatic nitrogens is 3. The van der Waals surface area contributed by atoms with Crippen molar-refractivity contribution in [3.05, 3.63) is 88.4 Å². The van der Waals surface area contributed by atoms with Gasteiger partial charge in [0.2, 0.25) is 5.91 Å². The Balaban J connectivity index is 1.69. The molecular weight excluding hydrogens is 544 g/mol. The van der Waals surface area contributed by atoms with Gasteiger partial charge in [-0.05, 0) is 79.6 Å². The minimum absolute atomic E-state index is 0.0483. The average Bonchev–Trinajstić information content (AvgIpc) is 3.37. The molecule has 9 nitrogen and oxygen atoms in total. The Labute approximate surface area is 242 Å². The molecule has 4 rings (SSSR count). The zero-order valence-corrected chi connectivity index (χ0v) is 24.0. The molecule has 0 spiro atoms. The first-order valence-corrected chi connectivity index (χ1v) is 13.5. The van der Waals surface area contributed by atoms with E-state index in [4.69, 9.17) is 0 Å². The van der Waals surface area contributed by atoms with Crippen molar-refractivity contribution in [1.82, 2.24) is 25.2 Å². The van der Waals surface area contributed by atoms with E-state index in [0.717, 1.165) is 22.8 Å². The standard InChI is InChI=1S/C31H33F2N5O4/c1-16(2)9-25(37-30(41)21-7-6-8-38-29(21)34-15-35-38)31(42)36-24(14-26(39)40)22-12-20(13-23(32)28(22)33)27-18(4)10-17(3)11-19(27)5/h6-8,10-13,15-16,24-25H,9,14H2,1-5H3,(H,36,42)(H,37,41)(H,39,40)/t24-,25-/m0/s1. The monoisotopic (exact) mass is 577 g/mol. The number of carbonyl (C=O) groups is 3. The molecule has 2 atom stereocenters. The lowest BCUT2D eigenvalue weighted by Crippen LogP contribution is -2.48. The zero-order valence-electron chi connectivity index (χ0n) is 24.0. The van der Waals surface area contributed by atoms with Crippen LogP contribution in [0.5, 0.6) is 0 Å². The minimum atomic E-state index is -1.41. The molecule has 220 valence electrons. The lowest BCUT2D eigenvalue weighted by atomic mass is 9.90. The lowest BCUT2D eigenvalue weighted by Gasteiger charge is -2.25. The molecule has 2 aromatic carbocycles. The highest BCUT2D eigenvalue weighted by atomic mass is 19.2. The summed E-state index contributed by atoms with van der Waals surface area (Å²) in [5.74, 6) is -5.11. The second kappa shape index (κ2) is 12.5. The average molecular weight is 578 g/mol. The van der Waals surface area contributed by atoms with E-state index in [1.165, 1.54) is 23.0 Å². The fourth-order valence-electron chi connectivity index (χ4n) is 5.29. The Hall–Kier alpha value is -4.67. The second-order valence-electron chi connectivity index (χ2n) is 10.9. The molecule has 0 aliphatic carbocycles. The van der Waals surface area contributed by atoms with Gasteiger partial charge in [-0.15, -0.1) is 0 Å². The zero-order chi connectivity index (χ0) is 30.7. The quantitative estimate of drug-likeness (QED) is 0.242. The molecule has 0 bridgehead atoms. The lowest BCUT2D eigenvalue weighted by molar-refractivity contribution is -0.137. The predicted octanol–water partition coefficient (Wildman–Crippen LogP) is 5.08. The molecule has 2 heterocycles. The van der Waals surface area contributed by atoms with Crippen LogP contribution in [0.15, 0.2) is 48.9 Å². The van der Waals surface area contributed by atoms with Crippen molar-refractivity contribution in [3.63, 3.8) is 0 Å². The first kappa shape index (κ1) is 30.3. The normalized spacial score (nSPS) is 12.8. The van der Waals surface area contributed by atoms with Gasteiger partial charge < -0.3 is 15.7 Å². The number of carboxylic acids is 1. The van der Waals surface area contributed by atoms with Crippen molar-refractivity contribution in [2.24, 2.45) is 5.92 Å². The van der Waals surface area contributed by atoms with Crippen molar-refractivity contribution in [2.75, 3.05) is 0 Å². The molecule has 2 aromatic heterocycles. The van der Waals surface area contributed by atoms with Crippen molar-refractivity contribution < 1.29 is 28.3 Å². The summed E-state index contributed by atoms with van der Waals surface area (Å²) in [7, 11) is 0. The van der Waals surface area contributed by atoms with Crippen LogP contribution in [0.25, 0.3) is 16.8 Å². The van der Waals surface area contributed by atoms with Gasteiger partial charge in [-0.3, -0.25) is 14.4 Å². The second-order valence-corrected chi connectivity index (χ2v) is 10.9. The van der Waals surface area contributed by atoms with Gasteiger partial charge in [-0.1, -0.05) is 31.5 Å².